The van der Waals surface area contributed by atoms with E-state index in [2.05, 4.69) is 30.3 Å². The third kappa shape index (κ3) is 3.61. The van der Waals surface area contributed by atoms with Gasteiger partial charge in [-0.2, -0.15) is 0 Å². The molecule has 5 heteroatoms. The Bertz CT molecular complexity index is 1300. The van der Waals surface area contributed by atoms with Crippen LogP contribution in [0.2, 0.25) is 0 Å². The Hall–Kier alpha value is -3.49. The lowest BCUT2D eigenvalue weighted by Gasteiger charge is -2.23. The molecule has 0 aliphatic carbocycles. The SMILES string of the molecule is COc1c(-c2ccccc2)cc(-c2ccccc2)c(OC)c1-c1cccc2c1P(C)(=O)CO2. The van der Waals surface area contributed by atoms with Gasteiger partial charge >= 0.3 is 0 Å². The first-order valence-corrected chi connectivity index (χ1v) is 13.1. The first kappa shape index (κ1) is 21.4. The minimum Gasteiger partial charge on any atom is -0.495 e. The summed E-state index contributed by atoms with van der Waals surface area (Å²) in [5, 5.41) is 0.742. The molecule has 166 valence electrons. The number of fused-ring (bicyclic) bond motifs is 1. The lowest BCUT2D eigenvalue weighted by molar-refractivity contribution is 0.394. The lowest BCUT2D eigenvalue weighted by atomic mass is 9.90. The summed E-state index contributed by atoms with van der Waals surface area (Å²) in [6.07, 6.45) is 0.202. The molecule has 0 amide bonds. The number of hydrogen-bond acceptors (Lipinski definition) is 4. The van der Waals surface area contributed by atoms with Crippen molar-refractivity contribution in [2.75, 3.05) is 27.2 Å². The highest BCUT2D eigenvalue weighted by atomic mass is 31.2. The zero-order valence-corrected chi connectivity index (χ0v) is 19.8. The molecule has 1 aliphatic heterocycles. The summed E-state index contributed by atoms with van der Waals surface area (Å²) < 4.78 is 31.4. The third-order valence-corrected chi connectivity index (χ3v) is 8.05. The Morgan fingerprint density at radius 1 is 0.727 bits per heavy atom. The van der Waals surface area contributed by atoms with Crippen LogP contribution in [-0.4, -0.2) is 27.2 Å². The van der Waals surface area contributed by atoms with Gasteiger partial charge < -0.3 is 18.8 Å². The first-order chi connectivity index (χ1) is 16.0. The zero-order chi connectivity index (χ0) is 23.0. The van der Waals surface area contributed by atoms with Gasteiger partial charge in [0, 0.05) is 16.7 Å². The number of benzene rings is 4. The van der Waals surface area contributed by atoms with Crippen LogP contribution in [0.25, 0.3) is 33.4 Å². The smallest absolute Gasteiger partial charge is 0.152 e. The summed E-state index contributed by atoms with van der Waals surface area (Å²) >= 11 is 0. The Morgan fingerprint density at radius 2 is 1.27 bits per heavy atom. The molecule has 1 aliphatic rings. The molecule has 0 N–H and O–H groups in total. The predicted octanol–water partition coefficient (Wildman–Crippen LogP) is 6.67. The second kappa shape index (κ2) is 8.46. The second-order valence-electron chi connectivity index (χ2n) is 8.17. The Kier molecular flexibility index (Phi) is 5.47. The van der Waals surface area contributed by atoms with Crippen molar-refractivity contribution >= 4 is 12.4 Å². The number of ether oxygens (including phenoxy) is 3. The van der Waals surface area contributed by atoms with Crippen molar-refractivity contribution in [3.8, 4) is 50.6 Å². The van der Waals surface area contributed by atoms with E-state index in [1.54, 1.807) is 20.9 Å². The monoisotopic (exact) mass is 456 g/mol. The minimum absolute atomic E-state index is 0.202. The number of rotatable bonds is 5. The maximum absolute atomic E-state index is 13.5. The molecular formula is C28H25O4P. The molecule has 4 nitrogen and oxygen atoms in total. The van der Waals surface area contributed by atoms with Crippen LogP contribution in [0.5, 0.6) is 17.2 Å². The van der Waals surface area contributed by atoms with Crippen molar-refractivity contribution in [3.05, 3.63) is 84.9 Å². The van der Waals surface area contributed by atoms with Gasteiger partial charge in [0.2, 0.25) is 0 Å². The maximum Gasteiger partial charge on any atom is 0.152 e. The van der Waals surface area contributed by atoms with Crippen LogP contribution in [-0.2, 0) is 4.57 Å². The molecule has 5 rings (SSSR count). The molecule has 1 unspecified atom stereocenters. The van der Waals surface area contributed by atoms with Crippen LogP contribution in [0, 0.1) is 0 Å². The summed E-state index contributed by atoms with van der Waals surface area (Å²) in [4.78, 5) is 0. The van der Waals surface area contributed by atoms with Crippen molar-refractivity contribution in [2.45, 2.75) is 0 Å². The third-order valence-electron chi connectivity index (χ3n) is 6.02. The molecule has 0 radical (unpaired) electrons. The molecule has 33 heavy (non-hydrogen) atoms. The number of methoxy groups -OCH3 is 2. The van der Waals surface area contributed by atoms with Gasteiger partial charge in [-0.1, -0.05) is 72.8 Å². The average Bonchev–Trinajstić information content (AvgIpc) is 3.18. The van der Waals surface area contributed by atoms with Crippen molar-refractivity contribution in [1.29, 1.82) is 0 Å². The van der Waals surface area contributed by atoms with E-state index in [0.717, 1.165) is 38.7 Å². The zero-order valence-electron chi connectivity index (χ0n) is 18.9. The fourth-order valence-corrected chi connectivity index (χ4v) is 6.38. The highest BCUT2D eigenvalue weighted by Gasteiger charge is 2.36. The molecule has 4 aromatic rings. The standard InChI is InChI=1S/C28H25O4P/c1-30-26-22(19-11-6-4-7-12-19)17-23(20-13-8-5-9-14-20)27(31-2)25(26)21-15-10-16-24-28(21)33(3,29)18-32-24/h4-17H,18H2,1-3H3. The van der Waals surface area contributed by atoms with Crippen molar-refractivity contribution < 1.29 is 18.8 Å². The van der Waals surface area contributed by atoms with Crippen LogP contribution in [0.3, 0.4) is 0 Å². The molecule has 1 heterocycles. The normalized spacial score (nSPS) is 16.7. The fourth-order valence-electron chi connectivity index (χ4n) is 4.57. The second-order valence-corrected chi connectivity index (χ2v) is 11.1. The molecule has 1 atom stereocenters. The van der Waals surface area contributed by atoms with E-state index in [-0.39, 0.29) is 6.35 Å². The van der Waals surface area contributed by atoms with E-state index in [4.69, 9.17) is 14.2 Å². The Labute approximate surface area is 194 Å². The van der Waals surface area contributed by atoms with Gasteiger partial charge in [0.1, 0.15) is 23.6 Å². The van der Waals surface area contributed by atoms with Gasteiger partial charge in [0.05, 0.1) is 25.1 Å². The maximum atomic E-state index is 13.5. The highest BCUT2D eigenvalue weighted by Crippen LogP contribution is 2.55. The lowest BCUT2D eigenvalue weighted by Crippen LogP contribution is -2.07. The summed E-state index contributed by atoms with van der Waals surface area (Å²) in [6.45, 7) is 1.78. The molecule has 0 bridgehead atoms. The molecule has 0 spiro atoms. The number of hydrogen-bond donors (Lipinski definition) is 0. The topological polar surface area (TPSA) is 44.8 Å². The van der Waals surface area contributed by atoms with Crippen LogP contribution >= 0.6 is 7.14 Å². The van der Waals surface area contributed by atoms with Crippen LogP contribution in [0.15, 0.2) is 84.9 Å². The van der Waals surface area contributed by atoms with Gasteiger partial charge in [-0.05, 0) is 29.9 Å². The summed E-state index contributed by atoms with van der Waals surface area (Å²) in [5.41, 5.74) is 5.53. The fraction of sp³-hybridized carbons (Fsp3) is 0.143. The largest absolute Gasteiger partial charge is 0.495 e. The summed E-state index contributed by atoms with van der Waals surface area (Å²) in [6, 6.07) is 28.2. The van der Waals surface area contributed by atoms with E-state index >= 15 is 0 Å². The summed E-state index contributed by atoms with van der Waals surface area (Å²) in [7, 11) is 0.625. The Balaban J connectivity index is 1.93. The van der Waals surface area contributed by atoms with E-state index < -0.39 is 7.14 Å². The van der Waals surface area contributed by atoms with E-state index in [1.807, 2.05) is 54.6 Å². The van der Waals surface area contributed by atoms with Crippen LogP contribution < -0.4 is 19.5 Å². The van der Waals surface area contributed by atoms with Crippen LogP contribution in [0.4, 0.5) is 0 Å². The van der Waals surface area contributed by atoms with Crippen LogP contribution in [0.1, 0.15) is 0 Å². The van der Waals surface area contributed by atoms with Gasteiger partial charge in [0.25, 0.3) is 0 Å². The first-order valence-electron chi connectivity index (χ1n) is 10.8. The van der Waals surface area contributed by atoms with Crippen molar-refractivity contribution in [1.82, 2.24) is 0 Å². The summed E-state index contributed by atoms with van der Waals surface area (Å²) in [5.74, 6) is 2.02. The average molecular weight is 456 g/mol. The minimum atomic E-state index is -2.70. The molecule has 0 fully saturated rings. The molecule has 0 saturated carbocycles. The van der Waals surface area contributed by atoms with Crippen molar-refractivity contribution in [3.63, 3.8) is 0 Å². The molecule has 4 aromatic carbocycles. The molecule has 0 saturated heterocycles. The van der Waals surface area contributed by atoms with E-state index in [9.17, 15) is 4.57 Å². The van der Waals surface area contributed by atoms with E-state index in [0.29, 0.717) is 17.2 Å². The van der Waals surface area contributed by atoms with Gasteiger partial charge in [0.15, 0.2) is 7.14 Å². The molecular weight excluding hydrogens is 431 g/mol. The highest BCUT2D eigenvalue weighted by molar-refractivity contribution is 7.71. The Morgan fingerprint density at radius 3 is 1.79 bits per heavy atom. The van der Waals surface area contributed by atoms with Gasteiger partial charge in [-0.15, -0.1) is 0 Å². The van der Waals surface area contributed by atoms with E-state index in [1.165, 1.54) is 0 Å². The van der Waals surface area contributed by atoms with Gasteiger partial charge in [-0.25, -0.2) is 0 Å². The predicted molar refractivity (Wildman–Crippen MR) is 135 cm³/mol. The van der Waals surface area contributed by atoms with Gasteiger partial charge in [-0.3, -0.25) is 0 Å². The van der Waals surface area contributed by atoms with Crippen molar-refractivity contribution in [2.24, 2.45) is 0 Å². The molecule has 0 aromatic heterocycles. The quantitative estimate of drug-likeness (QED) is 0.315.